The molecule has 0 aliphatic carbocycles. The Morgan fingerprint density at radius 1 is 1.11 bits per heavy atom. The van der Waals surface area contributed by atoms with E-state index < -0.39 is 10.0 Å². The summed E-state index contributed by atoms with van der Waals surface area (Å²) in [6.07, 6.45) is 3.81. The van der Waals surface area contributed by atoms with Crippen molar-refractivity contribution in [3.8, 4) is 0 Å². The van der Waals surface area contributed by atoms with Gasteiger partial charge in [-0.05, 0) is 37.1 Å². The van der Waals surface area contributed by atoms with Crippen molar-refractivity contribution in [1.29, 1.82) is 0 Å². The minimum absolute atomic E-state index is 0. The van der Waals surface area contributed by atoms with Gasteiger partial charge in [-0.1, -0.05) is 12.1 Å². The highest BCUT2D eigenvalue weighted by Crippen LogP contribution is 2.25. The molecular weight excluding hydrogens is 411 g/mol. The molecule has 3 rings (SSSR count). The van der Waals surface area contributed by atoms with Gasteiger partial charge in [-0.25, -0.2) is 8.42 Å². The molecule has 0 unspecified atom stereocenters. The molecule has 1 aromatic carbocycles. The van der Waals surface area contributed by atoms with Crippen molar-refractivity contribution in [2.24, 2.45) is 5.92 Å². The third-order valence-electron chi connectivity index (χ3n) is 4.32. The van der Waals surface area contributed by atoms with E-state index in [0.717, 1.165) is 0 Å². The van der Waals surface area contributed by atoms with Crippen LogP contribution >= 0.6 is 24.8 Å². The Morgan fingerprint density at radius 2 is 1.78 bits per heavy atom. The number of nitrogens with zero attached hydrogens (tertiary/aromatic N) is 2. The maximum Gasteiger partial charge on any atom is 0.244 e. The molecule has 1 aromatic heterocycles. The molecule has 2 aromatic rings. The van der Waals surface area contributed by atoms with Crippen LogP contribution in [0.4, 0.5) is 11.4 Å². The van der Waals surface area contributed by atoms with Crippen LogP contribution in [-0.2, 0) is 14.8 Å². The molecule has 1 fully saturated rings. The number of pyridine rings is 1. The standard InChI is InChI=1S/C17H20N4O3S.2ClH/c18-15-5-1-2-6-16(15)20-17(22)13-7-10-21(11-8-13)25(23,24)14-4-3-9-19-12-14;;/h1-6,9,12-13H,7-8,10-11,18H2,(H,20,22);2*1H. The molecule has 0 saturated carbocycles. The first-order valence-electron chi connectivity index (χ1n) is 8.04. The van der Waals surface area contributed by atoms with Crippen LogP contribution in [0.15, 0.2) is 53.7 Å². The Kier molecular flexibility index (Phi) is 8.49. The van der Waals surface area contributed by atoms with Gasteiger partial charge in [0, 0.05) is 31.4 Å². The van der Waals surface area contributed by atoms with Crippen molar-refractivity contribution < 1.29 is 13.2 Å². The quantitative estimate of drug-likeness (QED) is 0.721. The molecule has 10 heteroatoms. The fourth-order valence-electron chi connectivity index (χ4n) is 2.85. The van der Waals surface area contributed by atoms with E-state index in [4.69, 9.17) is 5.73 Å². The molecule has 27 heavy (non-hydrogen) atoms. The van der Waals surface area contributed by atoms with Crippen molar-refractivity contribution >= 4 is 52.1 Å². The average molecular weight is 433 g/mol. The predicted octanol–water partition coefficient (Wildman–Crippen LogP) is 2.55. The molecule has 0 radical (unpaired) electrons. The lowest BCUT2D eigenvalue weighted by atomic mass is 9.97. The lowest BCUT2D eigenvalue weighted by Crippen LogP contribution is -2.41. The van der Waals surface area contributed by atoms with Gasteiger partial charge in [-0.3, -0.25) is 9.78 Å². The number of carbonyl (C=O) groups is 1. The van der Waals surface area contributed by atoms with Crippen molar-refractivity contribution in [2.75, 3.05) is 24.1 Å². The number of rotatable bonds is 4. The van der Waals surface area contributed by atoms with E-state index in [1.807, 2.05) is 0 Å². The number of para-hydroxylation sites is 2. The van der Waals surface area contributed by atoms with Gasteiger partial charge in [0.15, 0.2) is 0 Å². The van der Waals surface area contributed by atoms with Crippen LogP contribution in [-0.4, -0.2) is 36.7 Å². The fraction of sp³-hybridized carbons (Fsp3) is 0.294. The second-order valence-corrected chi connectivity index (χ2v) is 7.88. The third kappa shape index (κ3) is 5.32. The van der Waals surface area contributed by atoms with E-state index in [1.165, 1.54) is 22.8 Å². The van der Waals surface area contributed by atoms with E-state index in [0.29, 0.717) is 37.3 Å². The van der Waals surface area contributed by atoms with Crippen LogP contribution in [0.1, 0.15) is 12.8 Å². The van der Waals surface area contributed by atoms with E-state index in [-0.39, 0.29) is 41.5 Å². The Hall–Kier alpha value is -1.87. The topological polar surface area (TPSA) is 105 Å². The van der Waals surface area contributed by atoms with E-state index in [1.54, 1.807) is 30.3 Å². The van der Waals surface area contributed by atoms with Gasteiger partial charge in [0.2, 0.25) is 15.9 Å². The number of aromatic nitrogens is 1. The maximum absolute atomic E-state index is 12.6. The molecule has 3 N–H and O–H groups in total. The zero-order valence-corrected chi connectivity index (χ0v) is 16.9. The summed E-state index contributed by atoms with van der Waals surface area (Å²) in [5.41, 5.74) is 6.92. The largest absolute Gasteiger partial charge is 0.397 e. The molecule has 2 heterocycles. The number of sulfonamides is 1. The van der Waals surface area contributed by atoms with E-state index in [9.17, 15) is 13.2 Å². The molecule has 0 bridgehead atoms. The Labute approximate surface area is 171 Å². The van der Waals surface area contributed by atoms with Gasteiger partial charge < -0.3 is 11.1 Å². The van der Waals surface area contributed by atoms with Crippen molar-refractivity contribution in [1.82, 2.24) is 9.29 Å². The van der Waals surface area contributed by atoms with Crippen LogP contribution in [0.2, 0.25) is 0 Å². The molecule has 7 nitrogen and oxygen atoms in total. The molecule has 0 spiro atoms. The normalized spacial score (nSPS) is 15.3. The van der Waals surface area contributed by atoms with Gasteiger partial charge in [-0.15, -0.1) is 24.8 Å². The lowest BCUT2D eigenvalue weighted by Gasteiger charge is -2.30. The maximum atomic E-state index is 12.6. The number of halogens is 2. The van der Waals surface area contributed by atoms with Gasteiger partial charge >= 0.3 is 0 Å². The molecular formula is C17H22Cl2N4O3S. The predicted molar refractivity (Wildman–Crippen MR) is 110 cm³/mol. The van der Waals surface area contributed by atoms with E-state index in [2.05, 4.69) is 10.3 Å². The Balaban J connectivity index is 0.00000182. The van der Waals surface area contributed by atoms with Crippen LogP contribution in [0.5, 0.6) is 0 Å². The minimum Gasteiger partial charge on any atom is -0.397 e. The van der Waals surface area contributed by atoms with E-state index >= 15 is 0 Å². The van der Waals surface area contributed by atoms with Crippen LogP contribution < -0.4 is 11.1 Å². The van der Waals surface area contributed by atoms with Gasteiger partial charge in [0.25, 0.3) is 0 Å². The highest BCUT2D eigenvalue weighted by Gasteiger charge is 2.32. The summed E-state index contributed by atoms with van der Waals surface area (Å²) in [7, 11) is -3.56. The monoisotopic (exact) mass is 432 g/mol. The number of hydrogen-bond acceptors (Lipinski definition) is 5. The molecule has 1 aliphatic heterocycles. The van der Waals surface area contributed by atoms with Crippen LogP contribution in [0.25, 0.3) is 0 Å². The number of hydrogen-bond donors (Lipinski definition) is 2. The number of benzene rings is 1. The summed E-state index contributed by atoms with van der Waals surface area (Å²) >= 11 is 0. The Bertz CT molecular complexity index is 857. The van der Waals surface area contributed by atoms with Crippen LogP contribution in [0.3, 0.4) is 0 Å². The van der Waals surface area contributed by atoms with Crippen molar-refractivity contribution in [3.05, 3.63) is 48.8 Å². The first kappa shape index (κ1) is 23.2. The average Bonchev–Trinajstić information content (AvgIpc) is 2.64. The first-order chi connectivity index (χ1) is 12.0. The SMILES string of the molecule is Cl.Cl.Nc1ccccc1NC(=O)C1CCN(S(=O)(=O)c2cccnc2)CC1. The Morgan fingerprint density at radius 3 is 2.37 bits per heavy atom. The lowest BCUT2D eigenvalue weighted by molar-refractivity contribution is -0.120. The number of piperidine rings is 1. The highest BCUT2D eigenvalue weighted by atomic mass is 35.5. The molecule has 1 saturated heterocycles. The number of amides is 1. The number of nitrogens with one attached hydrogen (secondary N) is 1. The number of nitrogen functional groups attached to an aromatic ring is 1. The molecule has 0 atom stereocenters. The zero-order valence-electron chi connectivity index (χ0n) is 14.4. The fourth-order valence-corrected chi connectivity index (χ4v) is 4.29. The summed E-state index contributed by atoms with van der Waals surface area (Å²) in [5, 5.41) is 2.82. The highest BCUT2D eigenvalue weighted by molar-refractivity contribution is 7.89. The second-order valence-electron chi connectivity index (χ2n) is 5.94. The van der Waals surface area contributed by atoms with Crippen molar-refractivity contribution in [2.45, 2.75) is 17.7 Å². The van der Waals surface area contributed by atoms with Gasteiger partial charge in [-0.2, -0.15) is 4.31 Å². The number of anilines is 2. The number of nitrogens with two attached hydrogens (primary N) is 1. The summed E-state index contributed by atoms with van der Waals surface area (Å²) in [5.74, 6) is -0.365. The molecule has 148 valence electrons. The van der Waals surface area contributed by atoms with Crippen molar-refractivity contribution in [3.63, 3.8) is 0 Å². The zero-order chi connectivity index (χ0) is 17.9. The smallest absolute Gasteiger partial charge is 0.244 e. The summed E-state index contributed by atoms with van der Waals surface area (Å²) in [4.78, 5) is 16.4. The summed E-state index contributed by atoms with van der Waals surface area (Å²) < 4.78 is 26.5. The van der Waals surface area contributed by atoms with Crippen LogP contribution in [0, 0.1) is 5.92 Å². The molecule has 1 amide bonds. The molecule has 1 aliphatic rings. The summed E-state index contributed by atoms with van der Waals surface area (Å²) in [6.45, 7) is 0.610. The van der Waals surface area contributed by atoms with Gasteiger partial charge in [0.1, 0.15) is 4.90 Å². The summed E-state index contributed by atoms with van der Waals surface area (Å²) in [6, 6.07) is 10.2. The van der Waals surface area contributed by atoms with Gasteiger partial charge in [0.05, 0.1) is 11.4 Å². The second kappa shape index (κ2) is 9.89. The third-order valence-corrected chi connectivity index (χ3v) is 6.20. The first-order valence-corrected chi connectivity index (χ1v) is 9.48. The minimum atomic E-state index is -3.56. The number of carbonyl (C=O) groups excluding carboxylic acids is 1.